The fraction of sp³-hybridized carbons (Fsp3) is 0.429. The van der Waals surface area contributed by atoms with E-state index < -0.39 is 5.97 Å². The third-order valence-electron chi connectivity index (χ3n) is 2.50. The van der Waals surface area contributed by atoms with Crippen LogP contribution in [0.4, 0.5) is 5.69 Å². The highest BCUT2D eigenvalue weighted by atomic mass is 16.5. The highest BCUT2D eigenvalue weighted by molar-refractivity contribution is 5.94. The molecule has 0 bridgehead atoms. The van der Waals surface area contributed by atoms with Gasteiger partial charge < -0.3 is 19.9 Å². The Kier molecular flexibility index (Phi) is 5.99. The number of rotatable bonds is 7. The summed E-state index contributed by atoms with van der Waals surface area (Å²) in [5, 5.41) is 11.6. The lowest BCUT2D eigenvalue weighted by Gasteiger charge is -2.11. The van der Waals surface area contributed by atoms with E-state index in [4.69, 9.17) is 14.6 Å². The average Bonchev–Trinajstić information content (AvgIpc) is 2.38. The predicted octanol–water partition coefficient (Wildman–Crippen LogP) is 2.15. The fourth-order valence-electron chi connectivity index (χ4n) is 1.53. The van der Waals surface area contributed by atoms with Crippen LogP contribution in [0.2, 0.25) is 0 Å². The molecule has 1 rings (SSSR count). The molecule has 6 heteroatoms. The van der Waals surface area contributed by atoms with Gasteiger partial charge in [0.25, 0.3) is 0 Å². The minimum absolute atomic E-state index is 0.0761. The number of carbonyl (C=O) groups excluding carboxylic acids is 1. The van der Waals surface area contributed by atoms with Crippen molar-refractivity contribution in [2.75, 3.05) is 19.0 Å². The molecule has 2 N–H and O–H groups in total. The van der Waals surface area contributed by atoms with Crippen LogP contribution in [0.15, 0.2) is 18.2 Å². The zero-order valence-electron chi connectivity index (χ0n) is 11.8. The fourth-order valence-corrected chi connectivity index (χ4v) is 1.53. The van der Waals surface area contributed by atoms with Gasteiger partial charge in [0.1, 0.15) is 5.75 Å². The van der Waals surface area contributed by atoms with Crippen molar-refractivity contribution in [2.24, 2.45) is 0 Å². The van der Waals surface area contributed by atoms with E-state index in [0.29, 0.717) is 18.0 Å². The number of carbonyl (C=O) groups is 2. The number of hydrogen-bond donors (Lipinski definition) is 2. The molecule has 0 aliphatic heterocycles. The van der Waals surface area contributed by atoms with Gasteiger partial charge in [0.2, 0.25) is 5.91 Å². The quantitative estimate of drug-likeness (QED) is 0.800. The number of aromatic carboxylic acids is 1. The number of hydrogen-bond acceptors (Lipinski definition) is 4. The van der Waals surface area contributed by atoms with Gasteiger partial charge in [-0.2, -0.15) is 0 Å². The largest absolute Gasteiger partial charge is 0.495 e. The van der Waals surface area contributed by atoms with Crippen LogP contribution in [0, 0.1) is 0 Å². The molecule has 6 nitrogen and oxygen atoms in total. The van der Waals surface area contributed by atoms with E-state index >= 15 is 0 Å². The van der Waals surface area contributed by atoms with E-state index in [1.807, 2.05) is 13.8 Å². The van der Waals surface area contributed by atoms with E-state index in [2.05, 4.69) is 5.32 Å². The van der Waals surface area contributed by atoms with E-state index in [1.54, 1.807) is 0 Å². The second-order valence-corrected chi connectivity index (χ2v) is 4.44. The van der Waals surface area contributed by atoms with Crippen LogP contribution in [0.25, 0.3) is 0 Å². The van der Waals surface area contributed by atoms with Crippen LogP contribution in [0.5, 0.6) is 5.75 Å². The highest BCUT2D eigenvalue weighted by Crippen LogP contribution is 2.25. The Balaban J connectivity index is 2.67. The number of amides is 1. The lowest BCUT2D eigenvalue weighted by Crippen LogP contribution is -2.16. The molecule has 0 aromatic heterocycles. The summed E-state index contributed by atoms with van der Waals surface area (Å²) < 4.78 is 10.4. The van der Waals surface area contributed by atoms with Crippen molar-refractivity contribution < 1.29 is 24.2 Å². The molecule has 0 atom stereocenters. The van der Waals surface area contributed by atoms with Crippen LogP contribution < -0.4 is 10.1 Å². The summed E-state index contributed by atoms with van der Waals surface area (Å²) in [5.74, 6) is -0.957. The van der Waals surface area contributed by atoms with Crippen LogP contribution in [0.3, 0.4) is 0 Å². The Bertz CT molecular complexity index is 484. The molecule has 0 saturated carbocycles. The van der Waals surface area contributed by atoms with Crippen molar-refractivity contribution in [1.82, 2.24) is 0 Å². The minimum Gasteiger partial charge on any atom is -0.495 e. The molecule has 110 valence electrons. The number of benzene rings is 1. The van der Waals surface area contributed by atoms with Crippen molar-refractivity contribution in [3.8, 4) is 5.75 Å². The van der Waals surface area contributed by atoms with Gasteiger partial charge in [-0.15, -0.1) is 0 Å². The molecule has 1 aromatic carbocycles. The second kappa shape index (κ2) is 7.49. The summed E-state index contributed by atoms with van der Waals surface area (Å²) in [6.45, 7) is 4.12. The first kappa shape index (κ1) is 16.0. The summed E-state index contributed by atoms with van der Waals surface area (Å²) in [5.41, 5.74) is 0.537. The van der Waals surface area contributed by atoms with Crippen molar-refractivity contribution >= 4 is 17.6 Å². The van der Waals surface area contributed by atoms with Gasteiger partial charge in [0.05, 0.1) is 37.5 Å². The van der Waals surface area contributed by atoms with Crippen LogP contribution in [-0.4, -0.2) is 36.8 Å². The van der Waals surface area contributed by atoms with Crippen LogP contribution in [0.1, 0.15) is 30.6 Å². The predicted molar refractivity (Wildman–Crippen MR) is 74.3 cm³/mol. The molecule has 0 radical (unpaired) electrons. The maximum absolute atomic E-state index is 11.7. The van der Waals surface area contributed by atoms with Crippen molar-refractivity contribution in [3.05, 3.63) is 23.8 Å². The smallest absolute Gasteiger partial charge is 0.335 e. The summed E-state index contributed by atoms with van der Waals surface area (Å²) >= 11 is 0. The zero-order chi connectivity index (χ0) is 15.1. The summed E-state index contributed by atoms with van der Waals surface area (Å²) in [4.78, 5) is 22.6. The first-order chi connectivity index (χ1) is 9.43. The number of anilines is 1. The number of nitrogens with one attached hydrogen (secondary N) is 1. The third kappa shape index (κ3) is 4.89. The number of carboxylic acids is 1. The first-order valence-corrected chi connectivity index (χ1v) is 6.26. The van der Waals surface area contributed by atoms with Gasteiger partial charge in [-0.3, -0.25) is 4.79 Å². The van der Waals surface area contributed by atoms with Crippen molar-refractivity contribution in [1.29, 1.82) is 0 Å². The van der Waals surface area contributed by atoms with E-state index in [-0.39, 0.29) is 24.0 Å². The molecule has 0 fully saturated rings. The molecule has 0 saturated heterocycles. The van der Waals surface area contributed by atoms with Crippen LogP contribution in [-0.2, 0) is 9.53 Å². The van der Waals surface area contributed by atoms with Gasteiger partial charge in [0.15, 0.2) is 0 Å². The Labute approximate surface area is 117 Å². The lowest BCUT2D eigenvalue weighted by molar-refractivity contribution is -0.117. The SMILES string of the molecule is COc1cc(C(=O)O)ccc1NC(=O)CCOC(C)C. The molecule has 0 aliphatic rings. The van der Waals surface area contributed by atoms with E-state index in [0.717, 1.165) is 0 Å². The first-order valence-electron chi connectivity index (χ1n) is 6.26. The molecular formula is C14H19NO5. The molecule has 1 amide bonds. The normalized spacial score (nSPS) is 10.4. The molecule has 0 unspecified atom stereocenters. The second-order valence-electron chi connectivity index (χ2n) is 4.44. The van der Waals surface area contributed by atoms with Gasteiger partial charge in [-0.05, 0) is 32.0 Å². The Morgan fingerprint density at radius 3 is 2.60 bits per heavy atom. The van der Waals surface area contributed by atoms with Crippen LogP contribution >= 0.6 is 0 Å². The van der Waals surface area contributed by atoms with Crippen molar-refractivity contribution in [3.63, 3.8) is 0 Å². The monoisotopic (exact) mass is 281 g/mol. The maximum atomic E-state index is 11.7. The average molecular weight is 281 g/mol. The number of carboxylic acid groups (broad SMARTS) is 1. The zero-order valence-corrected chi connectivity index (χ0v) is 11.8. The maximum Gasteiger partial charge on any atom is 0.335 e. The molecule has 20 heavy (non-hydrogen) atoms. The third-order valence-corrected chi connectivity index (χ3v) is 2.50. The van der Waals surface area contributed by atoms with Gasteiger partial charge in [-0.25, -0.2) is 4.79 Å². The molecule has 0 heterocycles. The topological polar surface area (TPSA) is 84.9 Å². The highest BCUT2D eigenvalue weighted by Gasteiger charge is 2.11. The Morgan fingerprint density at radius 1 is 1.35 bits per heavy atom. The van der Waals surface area contributed by atoms with Gasteiger partial charge in [0, 0.05) is 0 Å². The molecule has 0 aliphatic carbocycles. The number of methoxy groups -OCH3 is 1. The summed E-state index contributed by atoms with van der Waals surface area (Å²) in [6, 6.07) is 4.27. The summed E-state index contributed by atoms with van der Waals surface area (Å²) in [6.07, 6.45) is 0.300. The van der Waals surface area contributed by atoms with E-state index in [9.17, 15) is 9.59 Å². The number of ether oxygens (including phenoxy) is 2. The molecule has 0 spiro atoms. The Hall–Kier alpha value is -2.08. The molecule has 1 aromatic rings. The summed E-state index contributed by atoms with van der Waals surface area (Å²) in [7, 11) is 1.42. The van der Waals surface area contributed by atoms with Crippen molar-refractivity contribution in [2.45, 2.75) is 26.4 Å². The molecular weight excluding hydrogens is 262 g/mol. The Morgan fingerprint density at radius 2 is 2.05 bits per heavy atom. The minimum atomic E-state index is -1.05. The lowest BCUT2D eigenvalue weighted by atomic mass is 10.2. The van der Waals surface area contributed by atoms with Gasteiger partial charge >= 0.3 is 5.97 Å². The standard InChI is InChI=1S/C14H19NO5/c1-9(2)20-7-6-13(16)15-11-5-4-10(14(17)18)8-12(11)19-3/h4-5,8-9H,6-7H2,1-3H3,(H,15,16)(H,17,18). The van der Waals surface area contributed by atoms with Gasteiger partial charge in [-0.1, -0.05) is 0 Å². The van der Waals surface area contributed by atoms with E-state index in [1.165, 1.54) is 25.3 Å².